The van der Waals surface area contributed by atoms with Crippen molar-refractivity contribution >= 4 is 29.5 Å². The van der Waals surface area contributed by atoms with E-state index in [0.717, 1.165) is 31.2 Å². The van der Waals surface area contributed by atoms with Crippen LogP contribution in [0.4, 0.5) is 0 Å². The van der Waals surface area contributed by atoms with Gasteiger partial charge in [0.15, 0.2) is 0 Å². The van der Waals surface area contributed by atoms with Gasteiger partial charge in [-0.05, 0) is 24.8 Å². The molecule has 4 aliphatic rings. The van der Waals surface area contributed by atoms with Crippen molar-refractivity contribution in [3.8, 4) is 0 Å². The molecule has 5 rings (SSSR count). The maximum absolute atomic E-state index is 14.2. The number of carbonyl (C=O) groups excluding carboxylic acids is 3. The van der Waals surface area contributed by atoms with Gasteiger partial charge in [0.25, 0.3) is 0 Å². The fraction of sp³-hybridized carbons (Fsp3) is 0.536. The number of aliphatic hydroxyl groups is 1. The number of esters is 1. The third-order valence-electron chi connectivity index (χ3n) is 7.73. The number of amides is 2. The molecular formula is C28H34N2O5S. The SMILES string of the molecule is O=C1OCCC=C[C@@H]2S[C@]34C=CCN(Cc5ccccc5)C(=O)C3N(CCCCCCO)C(=O)[C@@H]4[C@H]12. The van der Waals surface area contributed by atoms with E-state index in [-0.39, 0.29) is 29.6 Å². The zero-order valence-corrected chi connectivity index (χ0v) is 21.3. The summed E-state index contributed by atoms with van der Waals surface area (Å²) in [7, 11) is 0. The van der Waals surface area contributed by atoms with Crippen molar-refractivity contribution in [3.63, 3.8) is 0 Å². The number of rotatable bonds is 8. The Morgan fingerprint density at radius 3 is 2.64 bits per heavy atom. The Morgan fingerprint density at radius 1 is 1.03 bits per heavy atom. The number of hydrogen-bond donors (Lipinski definition) is 1. The zero-order chi connectivity index (χ0) is 25.1. The van der Waals surface area contributed by atoms with Crippen LogP contribution in [0.1, 0.15) is 37.7 Å². The number of cyclic esters (lactones) is 1. The average molecular weight is 511 g/mol. The minimum absolute atomic E-state index is 0.0609. The van der Waals surface area contributed by atoms with Gasteiger partial charge in [0.1, 0.15) is 6.04 Å². The van der Waals surface area contributed by atoms with E-state index in [4.69, 9.17) is 9.84 Å². The fourth-order valence-electron chi connectivity index (χ4n) is 6.09. The number of benzene rings is 1. The molecule has 2 saturated heterocycles. The number of nitrogens with zero attached hydrogens (tertiary/aromatic N) is 2. The van der Waals surface area contributed by atoms with Crippen molar-refractivity contribution in [2.45, 2.75) is 54.7 Å². The lowest BCUT2D eigenvalue weighted by Gasteiger charge is -2.35. The third kappa shape index (κ3) is 4.50. The molecule has 1 N–H and O–H groups in total. The Balaban J connectivity index is 1.49. The van der Waals surface area contributed by atoms with Gasteiger partial charge in [0.2, 0.25) is 11.8 Å². The molecule has 4 aliphatic heterocycles. The number of ether oxygens (including phenoxy) is 1. The normalized spacial score (nSPS) is 31.4. The highest BCUT2D eigenvalue weighted by Gasteiger charge is 2.70. The molecular weight excluding hydrogens is 476 g/mol. The molecule has 0 bridgehead atoms. The van der Waals surface area contributed by atoms with Gasteiger partial charge in [-0.25, -0.2) is 0 Å². The summed E-state index contributed by atoms with van der Waals surface area (Å²) in [4.78, 5) is 44.9. The van der Waals surface area contributed by atoms with E-state index in [1.54, 1.807) is 16.7 Å². The van der Waals surface area contributed by atoms with E-state index in [9.17, 15) is 14.4 Å². The first kappa shape index (κ1) is 25.1. The summed E-state index contributed by atoms with van der Waals surface area (Å²) in [5.41, 5.74) is 1.04. The van der Waals surface area contributed by atoms with Gasteiger partial charge >= 0.3 is 5.97 Å². The second kappa shape index (κ2) is 10.8. The van der Waals surface area contributed by atoms with Crippen molar-refractivity contribution in [2.24, 2.45) is 11.8 Å². The van der Waals surface area contributed by atoms with Gasteiger partial charge in [0, 0.05) is 31.5 Å². The highest BCUT2D eigenvalue weighted by atomic mass is 32.2. The van der Waals surface area contributed by atoms with E-state index in [0.29, 0.717) is 32.7 Å². The van der Waals surface area contributed by atoms with Gasteiger partial charge in [0.05, 0.1) is 23.2 Å². The van der Waals surface area contributed by atoms with Crippen molar-refractivity contribution in [3.05, 3.63) is 60.2 Å². The lowest BCUT2D eigenvalue weighted by molar-refractivity contribution is -0.153. The number of unbranched alkanes of at least 4 members (excludes halogenated alkanes) is 3. The van der Waals surface area contributed by atoms with Crippen LogP contribution in [0.25, 0.3) is 0 Å². The summed E-state index contributed by atoms with van der Waals surface area (Å²) in [6.45, 7) is 1.87. The third-order valence-corrected chi connectivity index (χ3v) is 9.47. The van der Waals surface area contributed by atoms with Crippen LogP contribution < -0.4 is 0 Å². The van der Waals surface area contributed by atoms with Crippen LogP contribution in [0.3, 0.4) is 0 Å². The molecule has 0 aliphatic carbocycles. The molecule has 0 radical (unpaired) electrons. The molecule has 1 aromatic rings. The maximum atomic E-state index is 14.2. The Kier molecular flexibility index (Phi) is 7.53. The highest BCUT2D eigenvalue weighted by molar-refractivity contribution is 8.02. The Labute approximate surface area is 216 Å². The first-order valence-corrected chi connectivity index (χ1v) is 13.9. The van der Waals surface area contributed by atoms with Gasteiger partial charge in [-0.3, -0.25) is 14.4 Å². The number of aliphatic hydroxyl groups excluding tert-OH is 1. The quantitative estimate of drug-likeness (QED) is 0.329. The molecule has 7 nitrogen and oxygen atoms in total. The van der Waals surface area contributed by atoms with Crippen molar-refractivity contribution < 1.29 is 24.2 Å². The molecule has 192 valence electrons. The van der Waals surface area contributed by atoms with E-state index < -0.39 is 22.6 Å². The van der Waals surface area contributed by atoms with Crippen LogP contribution in [0, 0.1) is 11.8 Å². The number of fused-ring (bicyclic) bond motifs is 2. The summed E-state index contributed by atoms with van der Waals surface area (Å²) >= 11 is 1.59. The van der Waals surface area contributed by atoms with Crippen LogP contribution in [0.5, 0.6) is 0 Å². The lowest BCUT2D eigenvalue weighted by atomic mass is 9.78. The predicted molar refractivity (Wildman–Crippen MR) is 138 cm³/mol. The van der Waals surface area contributed by atoms with Crippen LogP contribution in [-0.2, 0) is 25.7 Å². The number of hydrogen-bond acceptors (Lipinski definition) is 6. The molecule has 2 amide bonds. The van der Waals surface area contributed by atoms with Gasteiger partial charge in [-0.15, -0.1) is 11.8 Å². The van der Waals surface area contributed by atoms with Gasteiger partial charge in [-0.2, -0.15) is 0 Å². The fourth-order valence-corrected chi connectivity index (χ4v) is 8.09. The molecule has 5 atom stereocenters. The number of carbonyl (C=O) groups is 3. The lowest BCUT2D eigenvalue weighted by Crippen LogP contribution is -2.53. The molecule has 4 heterocycles. The van der Waals surface area contributed by atoms with Gasteiger partial charge in [-0.1, -0.05) is 67.5 Å². The average Bonchev–Trinajstić information content (AvgIpc) is 3.25. The summed E-state index contributed by atoms with van der Waals surface area (Å²) in [6, 6.07) is 9.23. The summed E-state index contributed by atoms with van der Waals surface area (Å²) in [6.07, 6.45) is 12.0. The van der Waals surface area contributed by atoms with Crippen LogP contribution in [-0.4, -0.2) is 75.0 Å². The van der Waals surface area contributed by atoms with E-state index in [1.807, 2.05) is 59.5 Å². The summed E-state index contributed by atoms with van der Waals surface area (Å²) in [5.74, 6) is -1.73. The first-order chi connectivity index (χ1) is 17.6. The molecule has 8 heteroatoms. The van der Waals surface area contributed by atoms with E-state index in [1.165, 1.54) is 0 Å². The summed E-state index contributed by atoms with van der Waals surface area (Å²) < 4.78 is 4.73. The molecule has 1 spiro atoms. The van der Waals surface area contributed by atoms with Crippen LogP contribution >= 0.6 is 11.8 Å². The van der Waals surface area contributed by atoms with Crippen LogP contribution in [0.15, 0.2) is 54.6 Å². The van der Waals surface area contributed by atoms with Crippen molar-refractivity contribution in [1.29, 1.82) is 0 Å². The van der Waals surface area contributed by atoms with Crippen LogP contribution in [0.2, 0.25) is 0 Å². The molecule has 1 aromatic carbocycles. The monoisotopic (exact) mass is 510 g/mol. The smallest absolute Gasteiger partial charge is 0.311 e. The Hall–Kier alpha value is -2.58. The second-order valence-electron chi connectivity index (χ2n) is 10.0. The maximum Gasteiger partial charge on any atom is 0.311 e. The molecule has 1 unspecified atom stereocenters. The largest absolute Gasteiger partial charge is 0.465 e. The zero-order valence-electron chi connectivity index (χ0n) is 20.5. The second-order valence-corrected chi connectivity index (χ2v) is 11.5. The molecule has 36 heavy (non-hydrogen) atoms. The summed E-state index contributed by atoms with van der Waals surface area (Å²) in [5, 5.41) is 8.91. The molecule has 2 fully saturated rings. The Bertz CT molecular complexity index is 1040. The highest BCUT2D eigenvalue weighted by Crippen LogP contribution is 2.60. The standard InChI is InChI=1S/C28H34N2O5S/c31-17-8-2-1-7-16-30-24-26(33)29(19-20-11-4-3-5-12-20)15-10-14-28(24)23(25(30)32)22-21(36-28)13-6-9-18-35-27(22)34/h3-6,10-14,21-24,31H,1-2,7-9,15-19H2/t21-,22+,23-,24?,28-/m0/s1. The predicted octanol–water partition coefficient (Wildman–Crippen LogP) is 2.94. The first-order valence-electron chi connectivity index (χ1n) is 13.0. The minimum Gasteiger partial charge on any atom is -0.465 e. The van der Waals surface area contributed by atoms with E-state index in [2.05, 4.69) is 0 Å². The minimum atomic E-state index is -0.798. The topological polar surface area (TPSA) is 87.2 Å². The Morgan fingerprint density at radius 2 is 1.83 bits per heavy atom. The van der Waals surface area contributed by atoms with Gasteiger partial charge < -0.3 is 19.6 Å². The number of thioether (sulfide) groups is 1. The van der Waals surface area contributed by atoms with E-state index >= 15 is 0 Å². The molecule has 0 saturated carbocycles. The van der Waals surface area contributed by atoms with Crippen molar-refractivity contribution in [1.82, 2.24) is 9.80 Å². The van der Waals surface area contributed by atoms with Crippen molar-refractivity contribution in [2.75, 3.05) is 26.3 Å². The molecule has 0 aromatic heterocycles. The number of likely N-dealkylation sites (tertiary alicyclic amines) is 1.